The largest absolute Gasteiger partial charge is 0.495 e. The lowest BCUT2D eigenvalue weighted by molar-refractivity contribution is 0.412. The van der Waals surface area contributed by atoms with Crippen molar-refractivity contribution in [2.75, 3.05) is 7.11 Å². The Kier molecular flexibility index (Phi) is 3.20. The van der Waals surface area contributed by atoms with Crippen LogP contribution in [0.3, 0.4) is 0 Å². The number of benzene rings is 1. The fraction of sp³-hybridized carbons (Fsp3) is 0.167. The monoisotopic (exact) mass is 231 g/mol. The molecule has 5 heteroatoms. The van der Waals surface area contributed by atoms with E-state index in [4.69, 9.17) is 10.5 Å². The lowest BCUT2D eigenvalue weighted by Gasteiger charge is -2.11. The molecule has 2 N–H and O–H groups in total. The minimum Gasteiger partial charge on any atom is -0.495 e. The predicted octanol–water partition coefficient (Wildman–Crippen LogP) is 0.700. The highest BCUT2D eigenvalue weighted by Gasteiger charge is 2.05. The van der Waals surface area contributed by atoms with Crippen LogP contribution in [0, 0.1) is 0 Å². The number of methoxy groups -OCH3 is 1. The van der Waals surface area contributed by atoms with E-state index in [0.717, 1.165) is 5.69 Å². The minimum absolute atomic E-state index is 0.168. The van der Waals surface area contributed by atoms with Crippen molar-refractivity contribution >= 4 is 0 Å². The lowest BCUT2D eigenvalue weighted by Crippen LogP contribution is -2.18. The fourth-order valence-electron chi connectivity index (χ4n) is 1.57. The standard InChI is InChI=1S/C12H13N3O2/c1-17-11-5-3-2-4-10(11)15-7-9(6-13)12(16)14-8-15/h2-5,7-8H,6,13H2,1H3. The van der Waals surface area contributed by atoms with Crippen LogP contribution in [0.4, 0.5) is 0 Å². The van der Waals surface area contributed by atoms with Gasteiger partial charge in [-0.15, -0.1) is 0 Å². The Morgan fingerprint density at radius 2 is 2.18 bits per heavy atom. The van der Waals surface area contributed by atoms with Crippen LogP contribution in [-0.2, 0) is 6.54 Å². The SMILES string of the molecule is COc1ccccc1-n1cnc(=O)c(CN)c1. The summed E-state index contributed by atoms with van der Waals surface area (Å²) in [5, 5.41) is 0. The van der Waals surface area contributed by atoms with Crippen molar-refractivity contribution in [2.45, 2.75) is 6.54 Å². The molecule has 2 aromatic rings. The molecule has 0 saturated carbocycles. The van der Waals surface area contributed by atoms with Crippen LogP contribution in [0.5, 0.6) is 5.75 Å². The maximum absolute atomic E-state index is 11.4. The van der Waals surface area contributed by atoms with Gasteiger partial charge in [0.05, 0.1) is 12.8 Å². The molecule has 0 aliphatic carbocycles. The predicted molar refractivity (Wildman–Crippen MR) is 64.3 cm³/mol. The van der Waals surface area contributed by atoms with E-state index in [2.05, 4.69) is 4.98 Å². The summed E-state index contributed by atoms with van der Waals surface area (Å²) in [7, 11) is 1.60. The van der Waals surface area contributed by atoms with Gasteiger partial charge in [0.1, 0.15) is 12.1 Å². The van der Waals surface area contributed by atoms with Crippen molar-refractivity contribution in [3.8, 4) is 11.4 Å². The number of para-hydroxylation sites is 2. The Morgan fingerprint density at radius 3 is 2.88 bits per heavy atom. The van der Waals surface area contributed by atoms with Gasteiger partial charge in [0.15, 0.2) is 0 Å². The molecule has 0 radical (unpaired) electrons. The Labute approximate surface area is 98.5 Å². The van der Waals surface area contributed by atoms with Gasteiger partial charge < -0.3 is 15.0 Å². The Balaban J connectivity index is 2.56. The molecular formula is C12H13N3O2. The number of rotatable bonds is 3. The van der Waals surface area contributed by atoms with Gasteiger partial charge in [0.2, 0.25) is 0 Å². The molecule has 0 saturated heterocycles. The molecule has 5 nitrogen and oxygen atoms in total. The topological polar surface area (TPSA) is 70.1 Å². The molecule has 17 heavy (non-hydrogen) atoms. The molecule has 0 aliphatic rings. The zero-order valence-corrected chi connectivity index (χ0v) is 9.46. The van der Waals surface area contributed by atoms with E-state index < -0.39 is 0 Å². The molecular weight excluding hydrogens is 218 g/mol. The average Bonchev–Trinajstić information content (AvgIpc) is 2.39. The summed E-state index contributed by atoms with van der Waals surface area (Å²) in [6, 6.07) is 7.49. The molecule has 0 amide bonds. The second-order valence-electron chi connectivity index (χ2n) is 3.49. The van der Waals surface area contributed by atoms with Crippen LogP contribution in [0.25, 0.3) is 5.69 Å². The second-order valence-corrected chi connectivity index (χ2v) is 3.49. The molecule has 0 fully saturated rings. The van der Waals surface area contributed by atoms with E-state index >= 15 is 0 Å². The first-order valence-electron chi connectivity index (χ1n) is 5.17. The first-order chi connectivity index (χ1) is 8.26. The van der Waals surface area contributed by atoms with Crippen LogP contribution in [0.1, 0.15) is 5.56 Å². The van der Waals surface area contributed by atoms with Gasteiger partial charge in [0.25, 0.3) is 5.56 Å². The number of hydrogen-bond donors (Lipinski definition) is 1. The average molecular weight is 231 g/mol. The molecule has 1 aromatic carbocycles. The Bertz CT molecular complexity index is 578. The van der Waals surface area contributed by atoms with Gasteiger partial charge >= 0.3 is 0 Å². The van der Waals surface area contributed by atoms with E-state index in [9.17, 15) is 4.79 Å². The molecule has 0 unspecified atom stereocenters. The third-order valence-corrected chi connectivity index (χ3v) is 2.45. The number of hydrogen-bond acceptors (Lipinski definition) is 4. The van der Waals surface area contributed by atoms with Crippen LogP contribution >= 0.6 is 0 Å². The lowest BCUT2D eigenvalue weighted by atomic mass is 10.2. The van der Waals surface area contributed by atoms with Crippen molar-refractivity contribution in [3.05, 3.63) is 52.7 Å². The van der Waals surface area contributed by atoms with E-state index in [0.29, 0.717) is 11.3 Å². The molecule has 0 spiro atoms. The fourth-order valence-corrected chi connectivity index (χ4v) is 1.57. The van der Waals surface area contributed by atoms with Gasteiger partial charge in [-0.05, 0) is 12.1 Å². The number of ether oxygens (including phenoxy) is 1. The maximum atomic E-state index is 11.4. The minimum atomic E-state index is -0.293. The molecule has 0 aliphatic heterocycles. The van der Waals surface area contributed by atoms with Gasteiger partial charge in [0, 0.05) is 18.3 Å². The molecule has 0 bridgehead atoms. The summed E-state index contributed by atoms with van der Waals surface area (Å²) in [5.41, 5.74) is 6.48. The molecule has 88 valence electrons. The number of aromatic nitrogens is 2. The highest BCUT2D eigenvalue weighted by atomic mass is 16.5. The number of nitrogens with two attached hydrogens (primary N) is 1. The van der Waals surface area contributed by atoms with Gasteiger partial charge in [-0.25, -0.2) is 0 Å². The first-order valence-corrected chi connectivity index (χ1v) is 5.17. The van der Waals surface area contributed by atoms with Crippen molar-refractivity contribution in [2.24, 2.45) is 5.73 Å². The molecule has 1 heterocycles. The normalized spacial score (nSPS) is 10.2. The highest BCUT2D eigenvalue weighted by molar-refractivity contribution is 5.46. The Hall–Kier alpha value is -2.14. The van der Waals surface area contributed by atoms with Gasteiger partial charge in [-0.1, -0.05) is 12.1 Å². The highest BCUT2D eigenvalue weighted by Crippen LogP contribution is 2.21. The maximum Gasteiger partial charge on any atom is 0.277 e. The summed E-state index contributed by atoms with van der Waals surface area (Å²) in [6.07, 6.45) is 3.13. The van der Waals surface area contributed by atoms with E-state index in [1.165, 1.54) is 6.33 Å². The second kappa shape index (κ2) is 4.80. The van der Waals surface area contributed by atoms with Crippen molar-refractivity contribution in [3.63, 3.8) is 0 Å². The first kappa shape index (κ1) is 11.3. The summed E-state index contributed by atoms with van der Waals surface area (Å²) < 4.78 is 6.97. The molecule has 2 rings (SSSR count). The van der Waals surface area contributed by atoms with Crippen LogP contribution in [0.15, 0.2) is 41.6 Å². The van der Waals surface area contributed by atoms with E-state index in [-0.39, 0.29) is 12.1 Å². The number of nitrogens with zero attached hydrogens (tertiary/aromatic N) is 2. The summed E-state index contributed by atoms with van der Waals surface area (Å²) in [5.74, 6) is 0.709. The van der Waals surface area contributed by atoms with Gasteiger partial charge in [-0.2, -0.15) is 4.98 Å². The van der Waals surface area contributed by atoms with Crippen molar-refractivity contribution < 1.29 is 4.74 Å². The van der Waals surface area contributed by atoms with E-state index in [1.807, 2.05) is 24.3 Å². The quantitative estimate of drug-likeness (QED) is 0.844. The van der Waals surface area contributed by atoms with E-state index in [1.54, 1.807) is 17.9 Å². The van der Waals surface area contributed by atoms with Crippen LogP contribution in [0.2, 0.25) is 0 Å². The molecule has 1 aromatic heterocycles. The third-order valence-electron chi connectivity index (χ3n) is 2.45. The van der Waals surface area contributed by atoms with Crippen molar-refractivity contribution in [1.82, 2.24) is 9.55 Å². The third kappa shape index (κ3) is 2.19. The Morgan fingerprint density at radius 1 is 1.41 bits per heavy atom. The van der Waals surface area contributed by atoms with Crippen molar-refractivity contribution in [1.29, 1.82) is 0 Å². The zero-order valence-electron chi connectivity index (χ0n) is 9.46. The summed E-state index contributed by atoms with van der Waals surface area (Å²) in [4.78, 5) is 15.1. The summed E-state index contributed by atoms with van der Waals surface area (Å²) in [6.45, 7) is 0.168. The van der Waals surface area contributed by atoms with Crippen LogP contribution < -0.4 is 16.0 Å². The van der Waals surface area contributed by atoms with Gasteiger partial charge in [-0.3, -0.25) is 4.79 Å². The zero-order chi connectivity index (χ0) is 12.3. The van der Waals surface area contributed by atoms with Crippen LogP contribution in [-0.4, -0.2) is 16.7 Å². The molecule has 0 atom stereocenters. The summed E-state index contributed by atoms with van der Waals surface area (Å²) >= 11 is 0. The smallest absolute Gasteiger partial charge is 0.277 e.